The van der Waals surface area contributed by atoms with Crippen LogP contribution in [0.5, 0.6) is 0 Å². The number of benzene rings is 2. The van der Waals surface area contributed by atoms with Crippen LogP contribution in [0.1, 0.15) is 61.2 Å². The number of aromatic nitrogens is 1. The van der Waals surface area contributed by atoms with Gasteiger partial charge in [-0.25, -0.2) is 8.78 Å². The van der Waals surface area contributed by atoms with Gasteiger partial charge in [-0.15, -0.1) is 0 Å². The molecular formula is C29H37F2N3O2. The van der Waals surface area contributed by atoms with Crippen LogP contribution in [0.15, 0.2) is 48.5 Å². The molecule has 0 unspecified atom stereocenters. The number of H-pyrrole nitrogens is 1. The summed E-state index contributed by atoms with van der Waals surface area (Å²) < 4.78 is 28.9. The molecule has 3 aromatic rings. The largest absolute Gasteiger partial charge is 0.390 e. The summed E-state index contributed by atoms with van der Waals surface area (Å²) in [6.45, 7) is 5.36. The molecule has 0 bridgehead atoms. The number of unbranched alkanes of at least 4 members (excludes halogenated alkanes) is 1. The summed E-state index contributed by atoms with van der Waals surface area (Å²) in [5.74, 6) is -2.97. The molecule has 0 aliphatic carbocycles. The minimum absolute atomic E-state index is 0.131. The summed E-state index contributed by atoms with van der Waals surface area (Å²) >= 11 is 0. The van der Waals surface area contributed by atoms with E-state index >= 15 is 0 Å². The average Bonchev–Trinajstić information content (AvgIpc) is 3.21. The third kappa shape index (κ3) is 4.82. The van der Waals surface area contributed by atoms with Crippen LogP contribution in [0, 0.1) is 5.92 Å². The van der Waals surface area contributed by atoms with Crippen molar-refractivity contribution in [2.45, 2.75) is 57.2 Å². The minimum atomic E-state index is -3.19. The first-order chi connectivity index (χ1) is 17.3. The molecule has 1 aromatic heterocycles. The van der Waals surface area contributed by atoms with Gasteiger partial charge >= 0.3 is 0 Å². The van der Waals surface area contributed by atoms with E-state index < -0.39 is 31.2 Å². The predicted octanol–water partition coefficient (Wildman–Crippen LogP) is 4.90. The maximum atomic E-state index is 14.5. The Hall–Kier alpha value is -2.32. The number of rotatable bonds is 9. The summed E-state index contributed by atoms with van der Waals surface area (Å²) in [5, 5.41) is 21.4. The summed E-state index contributed by atoms with van der Waals surface area (Å²) in [4.78, 5) is 7.69. The highest BCUT2D eigenvalue weighted by molar-refractivity contribution is 5.85. The molecule has 2 aromatic carbocycles. The van der Waals surface area contributed by atoms with Gasteiger partial charge in [0.25, 0.3) is 5.92 Å². The smallest absolute Gasteiger partial charge is 0.283 e. The molecule has 1 saturated heterocycles. The van der Waals surface area contributed by atoms with Crippen molar-refractivity contribution < 1.29 is 19.0 Å². The van der Waals surface area contributed by atoms with E-state index in [9.17, 15) is 19.0 Å². The number of nitrogens with one attached hydrogen (secondary N) is 1. The van der Waals surface area contributed by atoms with E-state index in [0.29, 0.717) is 6.42 Å². The number of likely N-dealkylation sites (tertiary alicyclic amines) is 1. The Balaban J connectivity index is 1.44. The Morgan fingerprint density at radius 1 is 1.11 bits per heavy atom. The minimum Gasteiger partial charge on any atom is -0.390 e. The lowest BCUT2D eigenvalue weighted by Crippen LogP contribution is -2.49. The fraction of sp³-hybridized carbons (Fsp3) is 0.517. The van der Waals surface area contributed by atoms with Crippen molar-refractivity contribution in [3.8, 4) is 0 Å². The van der Waals surface area contributed by atoms with Crippen LogP contribution < -0.4 is 0 Å². The highest BCUT2D eigenvalue weighted by Crippen LogP contribution is 2.42. The fourth-order valence-electron chi connectivity index (χ4n) is 5.95. The summed E-state index contributed by atoms with van der Waals surface area (Å²) in [6, 6.07) is 15.4. The number of aliphatic hydroxyl groups excluding tert-OH is 2. The number of hydrogen-bond donors (Lipinski definition) is 3. The third-order valence-corrected chi connectivity index (χ3v) is 8.02. The highest BCUT2D eigenvalue weighted by atomic mass is 19.3. The van der Waals surface area contributed by atoms with Gasteiger partial charge in [0.1, 0.15) is 6.61 Å². The quantitative estimate of drug-likeness (QED) is 0.394. The number of aromatic amines is 1. The molecule has 3 heterocycles. The van der Waals surface area contributed by atoms with E-state index in [2.05, 4.69) is 22.9 Å². The molecule has 2 aliphatic rings. The Kier molecular flexibility index (Phi) is 7.18. The molecule has 5 nitrogen and oxygen atoms in total. The van der Waals surface area contributed by atoms with Crippen molar-refractivity contribution in [2.75, 3.05) is 32.8 Å². The molecule has 194 valence electrons. The number of hydrogen-bond acceptors (Lipinski definition) is 4. The lowest BCUT2D eigenvalue weighted by atomic mass is 9.86. The second-order valence-electron chi connectivity index (χ2n) is 10.7. The lowest BCUT2D eigenvalue weighted by molar-refractivity contribution is -0.0864. The number of alkyl halides is 2. The van der Waals surface area contributed by atoms with E-state index in [1.54, 1.807) is 4.90 Å². The summed E-state index contributed by atoms with van der Waals surface area (Å²) in [5.41, 5.74) is 4.86. The first-order valence-corrected chi connectivity index (χ1v) is 13.2. The van der Waals surface area contributed by atoms with Gasteiger partial charge in [-0.05, 0) is 49.1 Å². The van der Waals surface area contributed by atoms with E-state index in [4.69, 9.17) is 0 Å². The van der Waals surface area contributed by atoms with Gasteiger partial charge in [0, 0.05) is 41.6 Å². The van der Waals surface area contributed by atoms with Crippen LogP contribution in [0.4, 0.5) is 8.78 Å². The molecule has 2 aliphatic heterocycles. The number of aliphatic hydroxyl groups is 2. The fourth-order valence-corrected chi connectivity index (χ4v) is 5.95. The molecule has 1 fully saturated rings. The zero-order valence-corrected chi connectivity index (χ0v) is 21.1. The summed E-state index contributed by atoms with van der Waals surface area (Å²) in [6.07, 6.45) is 2.48. The molecule has 0 saturated carbocycles. The zero-order chi connectivity index (χ0) is 25.4. The number of fused-ring (bicyclic) bond motifs is 3. The Morgan fingerprint density at radius 3 is 2.53 bits per heavy atom. The van der Waals surface area contributed by atoms with Crippen LogP contribution in [-0.2, 0) is 6.42 Å². The van der Waals surface area contributed by atoms with Gasteiger partial charge < -0.3 is 20.1 Å². The Bertz CT molecular complexity index is 1170. The molecular weight excluding hydrogens is 460 g/mol. The van der Waals surface area contributed by atoms with Gasteiger partial charge in [0.05, 0.1) is 18.7 Å². The van der Waals surface area contributed by atoms with Gasteiger partial charge in [-0.1, -0.05) is 55.8 Å². The van der Waals surface area contributed by atoms with Crippen molar-refractivity contribution in [3.05, 3.63) is 70.9 Å². The SMILES string of the molecule is CCCCN1CC([C@@H](O)c2ccc([C@@H]3c4[nH]c5ccccc5c4C[C@@H](C)N3CC(F)(F)CO)cc2)C1. The van der Waals surface area contributed by atoms with Crippen LogP contribution in [0.2, 0.25) is 0 Å². The van der Waals surface area contributed by atoms with Crippen LogP contribution >= 0.6 is 0 Å². The first-order valence-electron chi connectivity index (χ1n) is 13.2. The maximum Gasteiger partial charge on any atom is 0.283 e. The predicted molar refractivity (Wildman–Crippen MR) is 138 cm³/mol. The van der Waals surface area contributed by atoms with E-state index in [1.165, 1.54) is 12.8 Å². The summed E-state index contributed by atoms with van der Waals surface area (Å²) in [7, 11) is 0. The molecule has 36 heavy (non-hydrogen) atoms. The first kappa shape index (κ1) is 25.3. The maximum absolute atomic E-state index is 14.5. The van der Waals surface area contributed by atoms with Crippen molar-refractivity contribution in [2.24, 2.45) is 5.92 Å². The number of halogens is 2. The van der Waals surface area contributed by atoms with E-state index in [0.717, 1.165) is 52.9 Å². The molecule has 3 atom stereocenters. The van der Waals surface area contributed by atoms with Gasteiger partial charge in [0.2, 0.25) is 0 Å². The molecule has 5 rings (SSSR count). The second kappa shape index (κ2) is 10.2. The van der Waals surface area contributed by atoms with Crippen molar-refractivity contribution in [3.63, 3.8) is 0 Å². The molecule has 7 heteroatoms. The molecule has 3 N–H and O–H groups in total. The van der Waals surface area contributed by atoms with Crippen LogP contribution in [0.3, 0.4) is 0 Å². The molecule has 0 amide bonds. The zero-order valence-electron chi connectivity index (χ0n) is 21.1. The Labute approximate surface area is 211 Å². The lowest BCUT2D eigenvalue weighted by Gasteiger charge is -2.43. The average molecular weight is 498 g/mol. The number of nitrogens with zero attached hydrogens (tertiary/aromatic N) is 2. The van der Waals surface area contributed by atoms with Gasteiger partial charge in [0.15, 0.2) is 0 Å². The van der Waals surface area contributed by atoms with E-state index in [1.807, 2.05) is 49.4 Å². The normalized spacial score (nSPS) is 22.5. The van der Waals surface area contributed by atoms with Crippen molar-refractivity contribution >= 4 is 10.9 Å². The number of para-hydroxylation sites is 1. The third-order valence-electron chi connectivity index (χ3n) is 8.02. The van der Waals surface area contributed by atoms with Crippen molar-refractivity contribution in [1.29, 1.82) is 0 Å². The highest BCUT2D eigenvalue weighted by Gasteiger charge is 2.41. The monoisotopic (exact) mass is 497 g/mol. The molecule has 0 radical (unpaired) electrons. The Morgan fingerprint density at radius 2 is 1.83 bits per heavy atom. The van der Waals surface area contributed by atoms with Crippen molar-refractivity contribution in [1.82, 2.24) is 14.8 Å². The van der Waals surface area contributed by atoms with Crippen LogP contribution in [0.25, 0.3) is 10.9 Å². The second-order valence-corrected chi connectivity index (χ2v) is 10.7. The van der Waals surface area contributed by atoms with Gasteiger partial charge in [-0.3, -0.25) is 4.90 Å². The topological polar surface area (TPSA) is 62.7 Å². The van der Waals surface area contributed by atoms with Crippen LogP contribution in [-0.4, -0.2) is 69.7 Å². The molecule has 0 spiro atoms. The van der Waals surface area contributed by atoms with Gasteiger partial charge in [-0.2, -0.15) is 0 Å². The van der Waals surface area contributed by atoms with E-state index in [-0.39, 0.29) is 12.0 Å². The standard InChI is InChI=1S/C29H37F2N3O2/c1-3-4-13-33-15-22(16-33)28(36)21-11-9-20(10-12-21)27-26-24(23-7-5-6-8-25(23)32-26)14-19(2)34(27)17-29(30,31)18-35/h5-12,19,22,27-28,32,35-36H,3-4,13-18H2,1-2H3/t19-,27-,28+/m1/s1.